The van der Waals surface area contributed by atoms with Crippen molar-refractivity contribution >= 4 is 15.8 Å². The molecule has 0 bridgehead atoms. The number of aliphatic imine (C=N–C) groups is 1. The van der Waals surface area contributed by atoms with Crippen molar-refractivity contribution in [3.05, 3.63) is 30.1 Å². The molecule has 0 radical (unpaired) electrons. The number of nitrogens with zero attached hydrogens (tertiary/aromatic N) is 1. The Morgan fingerprint density at radius 3 is 2.70 bits per heavy atom. The molecule has 0 aliphatic heterocycles. The number of methoxy groups -OCH3 is 1. The topological polar surface area (TPSA) is 79.8 Å². The first-order chi connectivity index (χ1) is 11.0. The van der Waals surface area contributed by atoms with Crippen molar-refractivity contribution in [2.45, 2.75) is 18.2 Å². The van der Waals surface area contributed by atoms with Crippen LogP contribution in [-0.2, 0) is 14.6 Å². The molecular formula is C15H24FN3O3S. The maximum absolute atomic E-state index is 13.6. The molecule has 2 N–H and O–H groups in total. The molecule has 0 saturated heterocycles. The van der Waals surface area contributed by atoms with Crippen LogP contribution in [-0.4, -0.2) is 53.5 Å². The maximum atomic E-state index is 13.6. The van der Waals surface area contributed by atoms with Crippen molar-refractivity contribution in [1.82, 2.24) is 10.6 Å². The number of halogens is 1. The smallest absolute Gasteiger partial charge is 0.191 e. The molecule has 1 aromatic carbocycles. The molecule has 0 spiro atoms. The van der Waals surface area contributed by atoms with Crippen LogP contribution < -0.4 is 10.6 Å². The normalized spacial score (nSPS) is 12.2. The first kappa shape index (κ1) is 19.4. The van der Waals surface area contributed by atoms with Crippen molar-refractivity contribution in [3.8, 4) is 0 Å². The van der Waals surface area contributed by atoms with Gasteiger partial charge in [-0.2, -0.15) is 0 Å². The van der Waals surface area contributed by atoms with E-state index in [0.717, 1.165) is 12.5 Å². The summed E-state index contributed by atoms with van der Waals surface area (Å²) in [6.45, 7) is 3.92. The number of hydrogen-bond acceptors (Lipinski definition) is 4. The van der Waals surface area contributed by atoms with Crippen LogP contribution in [0.1, 0.15) is 13.3 Å². The molecular weight excluding hydrogens is 321 g/mol. The summed E-state index contributed by atoms with van der Waals surface area (Å²) in [7, 11) is -2.05. The molecule has 0 saturated carbocycles. The number of guanidine groups is 1. The van der Waals surface area contributed by atoms with E-state index in [0.29, 0.717) is 25.7 Å². The fourth-order valence-electron chi connectivity index (χ4n) is 1.85. The Labute approximate surface area is 137 Å². The van der Waals surface area contributed by atoms with Crippen molar-refractivity contribution in [3.63, 3.8) is 0 Å². The third-order valence-electron chi connectivity index (χ3n) is 2.96. The van der Waals surface area contributed by atoms with Gasteiger partial charge in [-0.3, -0.25) is 4.99 Å². The summed E-state index contributed by atoms with van der Waals surface area (Å²) in [5.41, 5.74) is 0. The van der Waals surface area contributed by atoms with Gasteiger partial charge < -0.3 is 15.4 Å². The van der Waals surface area contributed by atoms with Gasteiger partial charge in [-0.15, -0.1) is 0 Å². The van der Waals surface area contributed by atoms with Crippen LogP contribution in [0.5, 0.6) is 0 Å². The largest absolute Gasteiger partial charge is 0.385 e. The van der Waals surface area contributed by atoms with Gasteiger partial charge in [0.15, 0.2) is 15.8 Å². The molecule has 6 nitrogen and oxygen atoms in total. The summed E-state index contributed by atoms with van der Waals surface area (Å²) < 4.78 is 42.8. The zero-order valence-electron chi connectivity index (χ0n) is 13.5. The molecule has 1 rings (SSSR count). The molecule has 0 unspecified atom stereocenters. The fraction of sp³-hybridized carbons (Fsp3) is 0.533. The lowest BCUT2D eigenvalue weighted by molar-refractivity contribution is 0.197. The van der Waals surface area contributed by atoms with Crippen LogP contribution >= 0.6 is 0 Å². The molecule has 0 amide bonds. The molecule has 130 valence electrons. The summed E-state index contributed by atoms with van der Waals surface area (Å²) in [4.78, 5) is 4.03. The van der Waals surface area contributed by atoms with Gasteiger partial charge in [0.2, 0.25) is 0 Å². The quantitative estimate of drug-likeness (QED) is 0.399. The predicted molar refractivity (Wildman–Crippen MR) is 88.9 cm³/mol. The van der Waals surface area contributed by atoms with Crippen molar-refractivity contribution in [2.75, 3.05) is 39.1 Å². The molecule has 8 heteroatoms. The Balaban J connectivity index is 2.56. The molecule has 0 aromatic heterocycles. The van der Waals surface area contributed by atoms with E-state index in [1.807, 2.05) is 6.92 Å². The fourth-order valence-corrected chi connectivity index (χ4v) is 3.09. The summed E-state index contributed by atoms with van der Waals surface area (Å²) in [5, 5.41) is 5.97. The standard InChI is InChI=1S/C15H24FN3O3S/c1-3-17-15(18-9-6-11-22-2)19-10-12-23(20,21)14-8-5-4-7-13(14)16/h4-5,7-8H,3,6,9-12H2,1-2H3,(H2,17,18,19). The van der Waals surface area contributed by atoms with Crippen molar-refractivity contribution < 1.29 is 17.5 Å². The highest BCUT2D eigenvalue weighted by Gasteiger charge is 2.18. The predicted octanol–water partition coefficient (Wildman–Crippen LogP) is 1.19. The summed E-state index contributed by atoms with van der Waals surface area (Å²) in [6.07, 6.45) is 0.778. The van der Waals surface area contributed by atoms with Gasteiger partial charge in [0.1, 0.15) is 10.7 Å². The average Bonchev–Trinajstić information content (AvgIpc) is 2.51. The monoisotopic (exact) mass is 345 g/mol. The maximum Gasteiger partial charge on any atom is 0.191 e. The second kappa shape index (κ2) is 10.2. The molecule has 23 heavy (non-hydrogen) atoms. The van der Waals surface area contributed by atoms with Crippen LogP contribution in [0.25, 0.3) is 0 Å². The number of sulfone groups is 1. The number of benzene rings is 1. The minimum atomic E-state index is -3.67. The highest BCUT2D eigenvalue weighted by molar-refractivity contribution is 7.91. The first-order valence-corrected chi connectivity index (χ1v) is 9.15. The lowest BCUT2D eigenvalue weighted by atomic mass is 10.3. The number of rotatable bonds is 9. The first-order valence-electron chi connectivity index (χ1n) is 7.49. The van der Waals surface area contributed by atoms with Crippen LogP contribution in [0.4, 0.5) is 4.39 Å². The number of ether oxygens (including phenoxy) is 1. The lowest BCUT2D eigenvalue weighted by Gasteiger charge is -2.11. The van der Waals surface area contributed by atoms with E-state index in [2.05, 4.69) is 15.6 Å². The molecule has 0 atom stereocenters. The highest BCUT2D eigenvalue weighted by atomic mass is 32.2. The second-order valence-electron chi connectivity index (χ2n) is 4.78. The molecule has 0 aliphatic carbocycles. The number of nitrogens with one attached hydrogen (secondary N) is 2. The summed E-state index contributed by atoms with van der Waals surface area (Å²) >= 11 is 0. The SMILES string of the molecule is CCNC(=NCCCOC)NCCS(=O)(=O)c1ccccc1F. The second-order valence-corrected chi connectivity index (χ2v) is 6.86. The zero-order chi connectivity index (χ0) is 17.1. The molecule has 1 aromatic rings. The third-order valence-corrected chi connectivity index (χ3v) is 4.70. The summed E-state index contributed by atoms with van der Waals surface area (Å²) in [5.74, 6) is -0.406. The van der Waals surface area contributed by atoms with Gasteiger partial charge >= 0.3 is 0 Å². The molecule has 0 heterocycles. The van der Waals surface area contributed by atoms with Gasteiger partial charge in [-0.05, 0) is 25.5 Å². The Kier molecular flexibility index (Phi) is 8.57. The van der Waals surface area contributed by atoms with E-state index in [9.17, 15) is 12.8 Å². The molecule has 0 aliphatic rings. The number of hydrogen-bond donors (Lipinski definition) is 2. The zero-order valence-corrected chi connectivity index (χ0v) is 14.3. The Hall–Kier alpha value is -1.67. The van der Waals surface area contributed by atoms with Gasteiger partial charge in [0.25, 0.3) is 0 Å². The highest BCUT2D eigenvalue weighted by Crippen LogP contribution is 2.14. The van der Waals surface area contributed by atoms with Crippen LogP contribution in [0, 0.1) is 5.82 Å². The third kappa shape index (κ3) is 6.96. The Bertz CT molecular complexity index is 606. The average molecular weight is 345 g/mol. The van der Waals surface area contributed by atoms with E-state index < -0.39 is 15.7 Å². The van der Waals surface area contributed by atoms with Gasteiger partial charge in [0, 0.05) is 33.4 Å². The van der Waals surface area contributed by atoms with Crippen LogP contribution in [0.3, 0.4) is 0 Å². The minimum absolute atomic E-state index is 0.146. The van der Waals surface area contributed by atoms with Crippen molar-refractivity contribution in [2.24, 2.45) is 4.99 Å². The van der Waals surface area contributed by atoms with E-state index in [4.69, 9.17) is 4.74 Å². The van der Waals surface area contributed by atoms with Crippen LogP contribution in [0.15, 0.2) is 34.2 Å². The molecule has 0 fully saturated rings. The van der Waals surface area contributed by atoms with Crippen LogP contribution in [0.2, 0.25) is 0 Å². The Morgan fingerprint density at radius 2 is 2.04 bits per heavy atom. The Morgan fingerprint density at radius 1 is 1.30 bits per heavy atom. The van der Waals surface area contributed by atoms with Gasteiger partial charge in [-0.1, -0.05) is 12.1 Å². The van der Waals surface area contributed by atoms with Gasteiger partial charge in [0.05, 0.1) is 5.75 Å². The lowest BCUT2D eigenvalue weighted by Crippen LogP contribution is -2.39. The van der Waals surface area contributed by atoms with E-state index >= 15 is 0 Å². The van der Waals surface area contributed by atoms with E-state index in [-0.39, 0.29) is 17.2 Å². The van der Waals surface area contributed by atoms with E-state index in [1.165, 1.54) is 18.2 Å². The minimum Gasteiger partial charge on any atom is -0.385 e. The van der Waals surface area contributed by atoms with E-state index in [1.54, 1.807) is 7.11 Å². The van der Waals surface area contributed by atoms with Crippen molar-refractivity contribution in [1.29, 1.82) is 0 Å². The summed E-state index contributed by atoms with van der Waals surface area (Å²) in [6, 6.07) is 5.38. The van der Waals surface area contributed by atoms with Gasteiger partial charge in [-0.25, -0.2) is 12.8 Å².